The minimum absolute atomic E-state index is 0.223. The lowest BCUT2D eigenvalue weighted by Gasteiger charge is -2.04. The normalized spacial score (nSPS) is 11.1. The molecule has 0 aliphatic heterocycles. The van der Waals surface area contributed by atoms with Gasteiger partial charge in [0.1, 0.15) is 5.69 Å². The van der Waals surface area contributed by atoms with Gasteiger partial charge in [-0.2, -0.15) is 0 Å². The number of nitrogens with one attached hydrogen (secondary N) is 1. The van der Waals surface area contributed by atoms with E-state index in [1.165, 1.54) is 0 Å². The maximum atomic E-state index is 11.0. The van der Waals surface area contributed by atoms with Gasteiger partial charge in [0, 0.05) is 35.4 Å². The van der Waals surface area contributed by atoms with Crippen LogP contribution in [0.25, 0.3) is 22.2 Å². The number of fused-ring (bicyclic) bond motifs is 1. The molecule has 0 unspecified atom stereocenters. The molecule has 19 heavy (non-hydrogen) atoms. The monoisotopic (exact) mass is 254 g/mol. The number of aromatic amines is 1. The number of carbonyl (C=O) groups is 1. The fourth-order valence-electron chi connectivity index (χ4n) is 2.47. The molecule has 0 aliphatic carbocycles. The maximum Gasteiger partial charge on any atom is 0.352 e. The van der Waals surface area contributed by atoms with Gasteiger partial charge in [0.05, 0.1) is 0 Å². The molecular formula is C15H14N2O2. The van der Waals surface area contributed by atoms with Crippen LogP contribution in [0.2, 0.25) is 0 Å². The number of hydrogen-bond acceptors (Lipinski definition) is 1. The average Bonchev–Trinajstić information content (AvgIpc) is 2.94. The molecule has 0 radical (unpaired) electrons. The highest BCUT2D eigenvalue weighted by molar-refractivity contribution is 5.96. The van der Waals surface area contributed by atoms with Crippen LogP contribution in [0.5, 0.6) is 0 Å². The molecule has 0 bridgehead atoms. The summed E-state index contributed by atoms with van der Waals surface area (Å²) in [6.45, 7) is 1.92. The van der Waals surface area contributed by atoms with Gasteiger partial charge in [0.15, 0.2) is 0 Å². The summed E-state index contributed by atoms with van der Waals surface area (Å²) < 4.78 is 2.05. The van der Waals surface area contributed by atoms with Crippen molar-refractivity contribution in [2.24, 2.45) is 7.05 Å². The summed E-state index contributed by atoms with van der Waals surface area (Å²) in [7, 11) is 2.00. The predicted octanol–water partition coefficient (Wildman–Crippen LogP) is 3.18. The van der Waals surface area contributed by atoms with Gasteiger partial charge >= 0.3 is 5.97 Å². The topological polar surface area (TPSA) is 58.0 Å². The Bertz CT molecular complexity index is 781. The molecule has 3 rings (SSSR count). The van der Waals surface area contributed by atoms with E-state index in [0.717, 1.165) is 27.7 Å². The molecule has 4 nitrogen and oxygen atoms in total. The lowest BCUT2D eigenvalue weighted by atomic mass is 10.0. The van der Waals surface area contributed by atoms with E-state index in [0.29, 0.717) is 0 Å². The Labute approximate surface area is 110 Å². The highest BCUT2D eigenvalue weighted by Gasteiger charge is 2.14. The highest BCUT2D eigenvalue weighted by atomic mass is 16.4. The zero-order valence-corrected chi connectivity index (χ0v) is 10.8. The van der Waals surface area contributed by atoms with Crippen molar-refractivity contribution < 1.29 is 9.90 Å². The van der Waals surface area contributed by atoms with Crippen molar-refractivity contribution in [2.45, 2.75) is 6.92 Å². The van der Waals surface area contributed by atoms with Crippen LogP contribution in [0.1, 0.15) is 16.1 Å². The van der Waals surface area contributed by atoms with E-state index in [-0.39, 0.29) is 5.69 Å². The first-order chi connectivity index (χ1) is 9.08. The van der Waals surface area contributed by atoms with Crippen LogP contribution >= 0.6 is 0 Å². The van der Waals surface area contributed by atoms with Crippen molar-refractivity contribution in [1.29, 1.82) is 0 Å². The van der Waals surface area contributed by atoms with E-state index >= 15 is 0 Å². The minimum Gasteiger partial charge on any atom is -0.477 e. The second kappa shape index (κ2) is 4.02. The number of carboxylic acids is 1. The number of hydrogen-bond donors (Lipinski definition) is 2. The third-order valence-corrected chi connectivity index (χ3v) is 3.44. The molecule has 0 saturated heterocycles. The fourth-order valence-corrected chi connectivity index (χ4v) is 2.47. The molecule has 0 fully saturated rings. The van der Waals surface area contributed by atoms with Crippen LogP contribution < -0.4 is 0 Å². The van der Waals surface area contributed by atoms with Crippen LogP contribution in [0.3, 0.4) is 0 Å². The first kappa shape index (κ1) is 11.6. The predicted molar refractivity (Wildman–Crippen MR) is 74.4 cm³/mol. The van der Waals surface area contributed by atoms with Gasteiger partial charge < -0.3 is 14.7 Å². The van der Waals surface area contributed by atoms with E-state index < -0.39 is 5.97 Å². The van der Waals surface area contributed by atoms with E-state index in [9.17, 15) is 4.79 Å². The Balaban J connectivity index is 2.27. The molecule has 4 heteroatoms. The van der Waals surface area contributed by atoms with Crippen LogP contribution in [-0.4, -0.2) is 20.6 Å². The summed E-state index contributed by atoms with van der Waals surface area (Å²) in [5.41, 5.74) is 4.19. The van der Waals surface area contributed by atoms with Crippen LogP contribution in [0, 0.1) is 6.92 Å². The summed E-state index contributed by atoms with van der Waals surface area (Å²) >= 11 is 0. The third-order valence-electron chi connectivity index (χ3n) is 3.44. The summed E-state index contributed by atoms with van der Waals surface area (Å²) in [5, 5.41) is 10.2. The molecule has 0 atom stereocenters. The number of rotatable bonds is 2. The fraction of sp³-hybridized carbons (Fsp3) is 0.133. The molecule has 2 aromatic heterocycles. The lowest BCUT2D eigenvalue weighted by molar-refractivity contribution is 0.0691. The van der Waals surface area contributed by atoms with Crippen molar-refractivity contribution in [3.05, 3.63) is 47.8 Å². The lowest BCUT2D eigenvalue weighted by Crippen LogP contribution is -1.95. The zero-order chi connectivity index (χ0) is 13.6. The number of aromatic nitrogens is 2. The van der Waals surface area contributed by atoms with E-state index in [2.05, 4.69) is 15.6 Å². The number of benzene rings is 1. The van der Waals surface area contributed by atoms with Gasteiger partial charge in [0.25, 0.3) is 0 Å². The Morgan fingerprint density at radius 2 is 2.11 bits per heavy atom. The number of carboxylic acid groups (broad SMARTS) is 1. The molecule has 1 aromatic carbocycles. The molecule has 0 saturated carbocycles. The van der Waals surface area contributed by atoms with Crippen LogP contribution in [0.4, 0.5) is 0 Å². The SMILES string of the molecule is Cc1cc(C(=O)O)[nH]c1-c1cccc2c1ccn2C. The quantitative estimate of drug-likeness (QED) is 0.738. The van der Waals surface area contributed by atoms with Crippen molar-refractivity contribution >= 4 is 16.9 Å². The highest BCUT2D eigenvalue weighted by Crippen LogP contribution is 2.30. The molecule has 0 amide bonds. The minimum atomic E-state index is -0.936. The third kappa shape index (κ3) is 1.73. The second-order valence-corrected chi connectivity index (χ2v) is 4.71. The smallest absolute Gasteiger partial charge is 0.352 e. The summed E-state index contributed by atoms with van der Waals surface area (Å²) in [6, 6.07) is 9.76. The number of aryl methyl sites for hydroxylation is 2. The Morgan fingerprint density at radius 1 is 1.32 bits per heavy atom. The van der Waals surface area contributed by atoms with Gasteiger partial charge in [-0.05, 0) is 30.7 Å². The Hall–Kier alpha value is -2.49. The summed E-state index contributed by atoms with van der Waals surface area (Å²) in [5.74, 6) is -0.936. The summed E-state index contributed by atoms with van der Waals surface area (Å²) in [4.78, 5) is 14.0. The van der Waals surface area contributed by atoms with E-state index in [1.807, 2.05) is 38.4 Å². The largest absolute Gasteiger partial charge is 0.477 e. The number of H-pyrrole nitrogens is 1. The van der Waals surface area contributed by atoms with E-state index in [4.69, 9.17) is 5.11 Å². The summed E-state index contributed by atoms with van der Waals surface area (Å²) in [6.07, 6.45) is 2.00. The number of nitrogens with zero attached hydrogens (tertiary/aromatic N) is 1. The van der Waals surface area contributed by atoms with Gasteiger partial charge in [-0.3, -0.25) is 0 Å². The molecular weight excluding hydrogens is 240 g/mol. The molecule has 2 N–H and O–H groups in total. The van der Waals surface area contributed by atoms with Crippen LogP contribution in [-0.2, 0) is 7.05 Å². The van der Waals surface area contributed by atoms with Crippen LogP contribution in [0.15, 0.2) is 36.5 Å². The Kier molecular flexibility index (Phi) is 2.45. The average molecular weight is 254 g/mol. The standard InChI is InChI=1S/C15H14N2O2/c1-9-8-12(15(18)19)16-14(9)11-4-3-5-13-10(11)6-7-17(13)2/h3-8,16H,1-2H3,(H,18,19). The molecule has 2 heterocycles. The van der Waals surface area contributed by atoms with Gasteiger partial charge in [0.2, 0.25) is 0 Å². The Morgan fingerprint density at radius 3 is 2.79 bits per heavy atom. The first-order valence-corrected chi connectivity index (χ1v) is 6.05. The van der Waals surface area contributed by atoms with E-state index in [1.54, 1.807) is 6.07 Å². The van der Waals surface area contributed by atoms with Gasteiger partial charge in [-0.25, -0.2) is 4.79 Å². The number of aromatic carboxylic acids is 1. The van der Waals surface area contributed by atoms with Crippen molar-refractivity contribution in [2.75, 3.05) is 0 Å². The molecule has 96 valence electrons. The first-order valence-electron chi connectivity index (χ1n) is 6.05. The van der Waals surface area contributed by atoms with Crippen molar-refractivity contribution in [3.8, 4) is 11.3 Å². The zero-order valence-electron chi connectivity index (χ0n) is 10.8. The van der Waals surface area contributed by atoms with Gasteiger partial charge in [-0.15, -0.1) is 0 Å². The van der Waals surface area contributed by atoms with Gasteiger partial charge in [-0.1, -0.05) is 12.1 Å². The molecule has 0 spiro atoms. The van der Waals surface area contributed by atoms with Crippen molar-refractivity contribution in [1.82, 2.24) is 9.55 Å². The van der Waals surface area contributed by atoms with Crippen molar-refractivity contribution in [3.63, 3.8) is 0 Å². The molecule has 3 aromatic rings. The molecule has 0 aliphatic rings. The maximum absolute atomic E-state index is 11.0. The second-order valence-electron chi connectivity index (χ2n) is 4.71.